The summed E-state index contributed by atoms with van der Waals surface area (Å²) in [7, 11) is -5.11. The standard InChI is InChI=1S/C38H69NO12S/c1-3-5-7-9-11-13-14-15-16-17-19-21-23-25-27-32(42)37(45)39-30(31(41)26-24-22-20-18-12-10-8-6-4-2)29-49-38-35(44)36(51-52(46,47)48)34(43)33(28-40)50-38/h12-14,18,24,26,30-36,38,40-44H,3-11,15-17,19-23,25,27-29H2,1-2H3,(H,39,45)(H,46,47,48)/b14-13-,18-12+,26-24+. The predicted octanol–water partition coefficient (Wildman–Crippen LogP) is 4.96. The first-order chi connectivity index (χ1) is 24.9. The molecule has 52 heavy (non-hydrogen) atoms. The van der Waals surface area contributed by atoms with Crippen molar-refractivity contribution in [1.29, 1.82) is 0 Å². The lowest BCUT2D eigenvalue weighted by molar-refractivity contribution is -0.298. The molecule has 1 fully saturated rings. The van der Waals surface area contributed by atoms with E-state index in [0.29, 0.717) is 12.8 Å². The van der Waals surface area contributed by atoms with Crippen LogP contribution in [0.3, 0.4) is 0 Å². The molecule has 7 N–H and O–H groups in total. The van der Waals surface area contributed by atoms with Gasteiger partial charge in [0.05, 0.1) is 25.4 Å². The number of nitrogens with one attached hydrogen (secondary N) is 1. The molecule has 0 aromatic rings. The van der Waals surface area contributed by atoms with Crippen LogP contribution in [-0.2, 0) is 28.9 Å². The molecule has 13 nitrogen and oxygen atoms in total. The molecule has 14 heteroatoms. The van der Waals surface area contributed by atoms with Crippen LogP contribution in [0, 0.1) is 0 Å². The van der Waals surface area contributed by atoms with Gasteiger partial charge in [-0.3, -0.25) is 9.35 Å². The molecule has 1 amide bonds. The van der Waals surface area contributed by atoms with E-state index < -0.39 is 78.5 Å². The Hall–Kier alpha value is -1.72. The van der Waals surface area contributed by atoms with Crippen molar-refractivity contribution in [3.63, 3.8) is 0 Å². The second kappa shape index (κ2) is 29.6. The van der Waals surface area contributed by atoms with Gasteiger partial charge in [-0.15, -0.1) is 0 Å². The summed E-state index contributed by atoms with van der Waals surface area (Å²) in [6.07, 6.45) is 19.8. The SMILES string of the molecule is CCCCC/C=C/CC/C=C/C(O)C(COC1OC(CO)C(O)C(OS(=O)(=O)O)C1O)NC(=O)C(O)CCCCCCCC/C=C\CCCCCC. The van der Waals surface area contributed by atoms with E-state index in [1.807, 2.05) is 0 Å². The lowest BCUT2D eigenvalue weighted by atomic mass is 9.99. The van der Waals surface area contributed by atoms with E-state index in [1.165, 1.54) is 38.2 Å². The predicted molar refractivity (Wildman–Crippen MR) is 201 cm³/mol. The molecule has 1 saturated heterocycles. The number of aliphatic hydroxyl groups excluding tert-OH is 5. The van der Waals surface area contributed by atoms with Crippen molar-refractivity contribution in [2.45, 2.75) is 185 Å². The summed E-state index contributed by atoms with van der Waals surface area (Å²) in [6.45, 7) is 3.08. The van der Waals surface area contributed by atoms with Crippen molar-refractivity contribution in [3.8, 4) is 0 Å². The number of aliphatic hydroxyl groups is 5. The largest absolute Gasteiger partial charge is 0.397 e. The highest BCUT2D eigenvalue weighted by atomic mass is 32.3. The first kappa shape index (κ1) is 48.3. The van der Waals surface area contributed by atoms with Crippen molar-refractivity contribution in [2.24, 2.45) is 0 Å². The summed E-state index contributed by atoms with van der Waals surface area (Å²) in [4.78, 5) is 13.0. The molecule has 304 valence electrons. The third kappa shape index (κ3) is 22.5. The minimum Gasteiger partial charge on any atom is -0.394 e. The summed E-state index contributed by atoms with van der Waals surface area (Å²) >= 11 is 0. The number of unbranched alkanes of at least 4 members (excludes halogenated alkanes) is 14. The topological polar surface area (TPSA) is 212 Å². The van der Waals surface area contributed by atoms with Crippen LogP contribution in [0.2, 0.25) is 0 Å². The summed E-state index contributed by atoms with van der Waals surface area (Å²) in [5.41, 5.74) is 0. The molecule has 0 spiro atoms. The molecule has 1 aliphatic heterocycles. The smallest absolute Gasteiger partial charge is 0.394 e. The second-order valence-electron chi connectivity index (χ2n) is 13.6. The van der Waals surface area contributed by atoms with E-state index in [4.69, 9.17) is 14.0 Å². The van der Waals surface area contributed by atoms with Gasteiger partial charge >= 0.3 is 10.4 Å². The minimum atomic E-state index is -5.11. The maximum absolute atomic E-state index is 13.0. The molecule has 8 unspecified atom stereocenters. The van der Waals surface area contributed by atoms with Crippen molar-refractivity contribution < 1.29 is 57.0 Å². The van der Waals surface area contributed by atoms with E-state index in [2.05, 4.69) is 47.7 Å². The highest BCUT2D eigenvalue weighted by Crippen LogP contribution is 2.26. The first-order valence-corrected chi connectivity index (χ1v) is 20.8. The summed E-state index contributed by atoms with van der Waals surface area (Å²) in [5.74, 6) is -0.723. The van der Waals surface area contributed by atoms with Gasteiger partial charge in [-0.05, 0) is 57.8 Å². The van der Waals surface area contributed by atoms with Crippen LogP contribution in [0.4, 0.5) is 0 Å². The number of hydrogen-bond acceptors (Lipinski definition) is 11. The fourth-order valence-electron chi connectivity index (χ4n) is 5.82. The maximum atomic E-state index is 13.0. The molecular formula is C38H69NO12S. The monoisotopic (exact) mass is 763 g/mol. The van der Waals surface area contributed by atoms with Crippen LogP contribution in [0.25, 0.3) is 0 Å². The summed E-state index contributed by atoms with van der Waals surface area (Å²) in [6, 6.07) is -1.13. The fourth-order valence-corrected chi connectivity index (χ4v) is 6.33. The Morgan fingerprint density at radius 2 is 1.29 bits per heavy atom. The van der Waals surface area contributed by atoms with Crippen LogP contribution in [-0.4, -0.2) is 107 Å². The molecule has 0 aromatic carbocycles. The molecule has 1 aliphatic rings. The highest BCUT2D eigenvalue weighted by molar-refractivity contribution is 7.80. The van der Waals surface area contributed by atoms with Gasteiger partial charge in [-0.2, -0.15) is 8.42 Å². The molecule has 0 bridgehead atoms. The minimum absolute atomic E-state index is 0.228. The van der Waals surface area contributed by atoms with Gasteiger partial charge in [0.1, 0.15) is 30.5 Å². The van der Waals surface area contributed by atoms with Gasteiger partial charge in [0.2, 0.25) is 5.91 Å². The van der Waals surface area contributed by atoms with E-state index in [9.17, 15) is 38.7 Å². The van der Waals surface area contributed by atoms with Crippen molar-refractivity contribution >= 4 is 16.3 Å². The molecule has 0 aromatic heterocycles. The average molecular weight is 764 g/mol. The van der Waals surface area contributed by atoms with Gasteiger partial charge in [0, 0.05) is 0 Å². The van der Waals surface area contributed by atoms with E-state index in [-0.39, 0.29) is 6.42 Å². The Morgan fingerprint density at radius 1 is 0.769 bits per heavy atom. The number of allylic oxidation sites excluding steroid dienone is 5. The lowest BCUT2D eigenvalue weighted by Crippen LogP contribution is -2.61. The fraction of sp³-hybridized carbons (Fsp3) is 0.816. The Labute approximate surface area is 312 Å². The molecule has 0 radical (unpaired) electrons. The first-order valence-electron chi connectivity index (χ1n) is 19.5. The molecule has 0 saturated carbocycles. The molecule has 1 heterocycles. The molecule has 8 atom stereocenters. The highest BCUT2D eigenvalue weighted by Gasteiger charge is 2.48. The van der Waals surface area contributed by atoms with E-state index in [0.717, 1.165) is 70.6 Å². The number of hydrogen-bond donors (Lipinski definition) is 7. The number of rotatable bonds is 31. The number of carbonyl (C=O) groups is 1. The van der Waals surface area contributed by atoms with Gasteiger partial charge < -0.3 is 40.3 Å². The summed E-state index contributed by atoms with van der Waals surface area (Å²) < 4.78 is 47.2. The van der Waals surface area contributed by atoms with Gasteiger partial charge in [-0.1, -0.05) is 115 Å². The zero-order valence-electron chi connectivity index (χ0n) is 31.5. The van der Waals surface area contributed by atoms with Gasteiger partial charge in [-0.25, -0.2) is 4.18 Å². The summed E-state index contributed by atoms with van der Waals surface area (Å²) in [5, 5.41) is 54.7. The van der Waals surface area contributed by atoms with Crippen molar-refractivity contribution in [1.82, 2.24) is 5.32 Å². The Morgan fingerprint density at radius 3 is 1.88 bits per heavy atom. The molecule has 1 rings (SSSR count). The third-order valence-corrected chi connectivity index (χ3v) is 9.47. The Balaban J connectivity index is 2.69. The van der Waals surface area contributed by atoms with Crippen LogP contribution in [0.15, 0.2) is 36.5 Å². The van der Waals surface area contributed by atoms with Gasteiger partial charge in [0.25, 0.3) is 0 Å². The number of carbonyl (C=O) groups excluding carboxylic acids is 1. The zero-order chi connectivity index (χ0) is 38.6. The maximum Gasteiger partial charge on any atom is 0.397 e. The van der Waals surface area contributed by atoms with Crippen LogP contribution in [0.5, 0.6) is 0 Å². The van der Waals surface area contributed by atoms with Gasteiger partial charge in [0.15, 0.2) is 6.29 Å². The van der Waals surface area contributed by atoms with Crippen LogP contribution < -0.4 is 5.32 Å². The number of ether oxygens (including phenoxy) is 2. The normalized spacial score (nSPS) is 23.1. The molecule has 0 aliphatic carbocycles. The van der Waals surface area contributed by atoms with Crippen molar-refractivity contribution in [3.05, 3.63) is 36.5 Å². The number of amides is 1. The van der Waals surface area contributed by atoms with Crippen LogP contribution in [0.1, 0.15) is 136 Å². The Bertz CT molecular complexity index is 1100. The Kier molecular flexibility index (Phi) is 27.5. The van der Waals surface area contributed by atoms with Crippen molar-refractivity contribution in [2.75, 3.05) is 13.2 Å². The third-order valence-electron chi connectivity index (χ3n) is 9.00. The van der Waals surface area contributed by atoms with Crippen LogP contribution >= 0.6 is 0 Å². The lowest BCUT2D eigenvalue weighted by Gasteiger charge is -2.41. The van der Waals surface area contributed by atoms with E-state index >= 15 is 0 Å². The quantitative estimate of drug-likeness (QED) is 0.0284. The molecular weight excluding hydrogens is 694 g/mol. The zero-order valence-corrected chi connectivity index (χ0v) is 32.3. The average Bonchev–Trinajstić information content (AvgIpc) is 3.11. The van der Waals surface area contributed by atoms with E-state index in [1.54, 1.807) is 6.08 Å². The second-order valence-corrected chi connectivity index (χ2v) is 14.7.